The zero-order chi connectivity index (χ0) is 20.0. The Balaban J connectivity index is 1.97. The summed E-state index contributed by atoms with van der Waals surface area (Å²) in [6, 6.07) is 9.42. The maximum Gasteiger partial charge on any atom is 0.339 e. The molecule has 0 bridgehead atoms. The van der Waals surface area contributed by atoms with Gasteiger partial charge in [-0.05, 0) is 36.8 Å². The SMILES string of the molecule is CNc1ccc(C(=O)O[C@@H](C)C(=O)NCc2ccc(F)cc2)cc1[N+](=O)[O-]. The highest BCUT2D eigenvalue weighted by molar-refractivity contribution is 5.93. The minimum absolute atomic E-state index is 0.0427. The lowest BCUT2D eigenvalue weighted by atomic mass is 10.1. The second-order valence-electron chi connectivity index (χ2n) is 5.63. The zero-order valence-corrected chi connectivity index (χ0v) is 14.7. The van der Waals surface area contributed by atoms with Gasteiger partial charge in [0.2, 0.25) is 0 Å². The molecule has 0 aliphatic carbocycles. The maximum absolute atomic E-state index is 12.9. The standard InChI is InChI=1S/C18H18FN3O5/c1-11(17(23)21-10-12-3-6-14(19)7-4-12)27-18(24)13-5-8-15(20-2)16(9-13)22(25)26/h3-9,11,20H,10H2,1-2H3,(H,21,23)/t11-/m0/s1. The highest BCUT2D eigenvalue weighted by atomic mass is 19.1. The number of carbonyl (C=O) groups excluding carboxylic acids is 2. The molecule has 0 unspecified atom stereocenters. The molecule has 8 nitrogen and oxygen atoms in total. The van der Waals surface area contributed by atoms with Crippen LogP contribution in [0.4, 0.5) is 15.8 Å². The van der Waals surface area contributed by atoms with Gasteiger partial charge in [-0.15, -0.1) is 0 Å². The number of anilines is 1. The third-order valence-electron chi connectivity index (χ3n) is 3.73. The number of halogens is 1. The number of nitro groups is 1. The van der Waals surface area contributed by atoms with Crippen LogP contribution in [-0.4, -0.2) is 30.0 Å². The summed E-state index contributed by atoms with van der Waals surface area (Å²) < 4.78 is 17.9. The van der Waals surface area contributed by atoms with E-state index in [0.717, 1.165) is 6.07 Å². The molecule has 2 N–H and O–H groups in total. The van der Waals surface area contributed by atoms with Gasteiger partial charge in [0.15, 0.2) is 6.10 Å². The van der Waals surface area contributed by atoms with Crippen LogP contribution in [0.15, 0.2) is 42.5 Å². The van der Waals surface area contributed by atoms with Crippen molar-refractivity contribution in [3.63, 3.8) is 0 Å². The van der Waals surface area contributed by atoms with Crippen molar-refractivity contribution in [2.24, 2.45) is 0 Å². The van der Waals surface area contributed by atoms with Gasteiger partial charge in [-0.2, -0.15) is 0 Å². The van der Waals surface area contributed by atoms with Gasteiger partial charge in [0, 0.05) is 19.7 Å². The molecule has 9 heteroatoms. The van der Waals surface area contributed by atoms with Gasteiger partial charge >= 0.3 is 5.97 Å². The summed E-state index contributed by atoms with van der Waals surface area (Å²) in [5, 5.41) is 16.3. The summed E-state index contributed by atoms with van der Waals surface area (Å²) in [6.45, 7) is 1.53. The molecule has 1 amide bonds. The van der Waals surface area contributed by atoms with Crippen LogP contribution in [0.3, 0.4) is 0 Å². The van der Waals surface area contributed by atoms with Crippen molar-refractivity contribution in [3.8, 4) is 0 Å². The third kappa shape index (κ3) is 5.24. The average Bonchev–Trinajstić information content (AvgIpc) is 2.66. The van der Waals surface area contributed by atoms with E-state index in [0.29, 0.717) is 5.56 Å². The van der Waals surface area contributed by atoms with Crippen molar-refractivity contribution in [2.45, 2.75) is 19.6 Å². The van der Waals surface area contributed by atoms with Crippen molar-refractivity contribution in [1.29, 1.82) is 0 Å². The number of benzene rings is 2. The molecule has 0 saturated carbocycles. The molecule has 0 fully saturated rings. The Morgan fingerprint density at radius 1 is 1.22 bits per heavy atom. The molecular formula is C18H18FN3O5. The zero-order valence-electron chi connectivity index (χ0n) is 14.7. The second-order valence-corrected chi connectivity index (χ2v) is 5.63. The normalized spacial score (nSPS) is 11.4. The molecule has 0 aliphatic heterocycles. The number of nitrogens with one attached hydrogen (secondary N) is 2. The van der Waals surface area contributed by atoms with Gasteiger partial charge < -0.3 is 15.4 Å². The van der Waals surface area contributed by atoms with E-state index in [1.165, 1.54) is 50.4 Å². The highest BCUT2D eigenvalue weighted by Crippen LogP contribution is 2.25. The number of nitro benzene ring substituents is 1. The smallest absolute Gasteiger partial charge is 0.339 e. The Labute approximate surface area is 154 Å². The largest absolute Gasteiger partial charge is 0.449 e. The molecule has 0 heterocycles. The van der Waals surface area contributed by atoms with Gasteiger partial charge in [-0.1, -0.05) is 12.1 Å². The Kier molecular flexibility index (Phi) is 6.42. The van der Waals surface area contributed by atoms with Crippen LogP contribution >= 0.6 is 0 Å². The number of esters is 1. The van der Waals surface area contributed by atoms with Crippen molar-refractivity contribution >= 4 is 23.3 Å². The van der Waals surface area contributed by atoms with Crippen LogP contribution in [0.1, 0.15) is 22.8 Å². The monoisotopic (exact) mass is 375 g/mol. The summed E-state index contributed by atoms with van der Waals surface area (Å²) >= 11 is 0. The fourth-order valence-electron chi connectivity index (χ4n) is 2.24. The Hall–Kier alpha value is -3.49. The second kappa shape index (κ2) is 8.75. The quantitative estimate of drug-likeness (QED) is 0.437. The van der Waals surface area contributed by atoms with E-state index in [-0.39, 0.29) is 29.3 Å². The molecule has 2 aromatic rings. The molecule has 142 valence electrons. The first-order valence-electron chi connectivity index (χ1n) is 8.01. The van der Waals surface area contributed by atoms with E-state index < -0.39 is 22.9 Å². The first kappa shape index (κ1) is 19.8. The lowest BCUT2D eigenvalue weighted by molar-refractivity contribution is -0.384. The fourth-order valence-corrected chi connectivity index (χ4v) is 2.24. The van der Waals surface area contributed by atoms with Crippen molar-refractivity contribution in [3.05, 3.63) is 69.5 Å². The van der Waals surface area contributed by atoms with Crippen LogP contribution in [-0.2, 0) is 16.1 Å². The number of amides is 1. The van der Waals surface area contributed by atoms with E-state index in [4.69, 9.17) is 4.74 Å². The predicted molar refractivity (Wildman–Crippen MR) is 95.8 cm³/mol. The number of hydrogen-bond acceptors (Lipinski definition) is 6. The summed E-state index contributed by atoms with van der Waals surface area (Å²) in [4.78, 5) is 34.6. The van der Waals surface area contributed by atoms with Crippen LogP contribution < -0.4 is 10.6 Å². The van der Waals surface area contributed by atoms with Crippen LogP contribution in [0.25, 0.3) is 0 Å². The summed E-state index contributed by atoms with van der Waals surface area (Å²) in [7, 11) is 1.52. The van der Waals surface area contributed by atoms with Crippen molar-refractivity contribution in [2.75, 3.05) is 12.4 Å². The molecule has 27 heavy (non-hydrogen) atoms. The number of carbonyl (C=O) groups is 2. The first-order valence-corrected chi connectivity index (χ1v) is 8.01. The van der Waals surface area contributed by atoms with E-state index >= 15 is 0 Å². The Bertz CT molecular complexity index is 855. The third-order valence-corrected chi connectivity index (χ3v) is 3.73. The Morgan fingerprint density at radius 2 is 1.89 bits per heavy atom. The average molecular weight is 375 g/mol. The topological polar surface area (TPSA) is 111 Å². The van der Waals surface area contributed by atoms with E-state index in [9.17, 15) is 24.1 Å². The lowest BCUT2D eigenvalue weighted by Crippen LogP contribution is -2.35. The minimum atomic E-state index is -1.11. The molecule has 0 saturated heterocycles. The molecule has 0 aromatic heterocycles. The van der Waals surface area contributed by atoms with Gasteiger partial charge in [-0.3, -0.25) is 14.9 Å². The number of rotatable bonds is 7. The lowest BCUT2D eigenvalue weighted by Gasteiger charge is -2.14. The maximum atomic E-state index is 12.9. The first-order chi connectivity index (χ1) is 12.8. The predicted octanol–water partition coefficient (Wildman–Crippen LogP) is 2.64. The van der Waals surface area contributed by atoms with E-state index in [2.05, 4.69) is 10.6 Å². The van der Waals surface area contributed by atoms with Crippen LogP contribution in [0.5, 0.6) is 0 Å². The molecular weight excluding hydrogens is 357 g/mol. The summed E-state index contributed by atoms with van der Waals surface area (Å²) in [5.74, 6) is -1.79. The molecule has 1 atom stereocenters. The number of hydrogen-bond donors (Lipinski definition) is 2. The minimum Gasteiger partial charge on any atom is -0.449 e. The van der Waals surface area contributed by atoms with Gasteiger partial charge in [0.05, 0.1) is 10.5 Å². The number of nitrogens with zero attached hydrogens (tertiary/aromatic N) is 1. The number of ether oxygens (including phenoxy) is 1. The van der Waals surface area contributed by atoms with Crippen LogP contribution in [0, 0.1) is 15.9 Å². The molecule has 0 aliphatic rings. The molecule has 0 spiro atoms. The molecule has 2 rings (SSSR count). The highest BCUT2D eigenvalue weighted by Gasteiger charge is 2.22. The van der Waals surface area contributed by atoms with Gasteiger partial charge in [0.1, 0.15) is 11.5 Å². The van der Waals surface area contributed by atoms with Crippen molar-refractivity contribution in [1.82, 2.24) is 5.32 Å². The fraction of sp³-hybridized carbons (Fsp3) is 0.222. The van der Waals surface area contributed by atoms with Crippen molar-refractivity contribution < 1.29 is 23.6 Å². The van der Waals surface area contributed by atoms with Gasteiger partial charge in [0.25, 0.3) is 11.6 Å². The van der Waals surface area contributed by atoms with Gasteiger partial charge in [-0.25, -0.2) is 9.18 Å². The molecule has 2 aromatic carbocycles. The van der Waals surface area contributed by atoms with Crippen LogP contribution in [0.2, 0.25) is 0 Å². The van der Waals surface area contributed by atoms with E-state index in [1.807, 2.05) is 0 Å². The van der Waals surface area contributed by atoms with E-state index in [1.54, 1.807) is 0 Å². The summed E-state index contributed by atoms with van der Waals surface area (Å²) in [6.07, 6.45) is -1.11. The molecule has 0 radical (unpaired) electrons. The summed E-state index contributed by atoms with van der Waals surface area (Å²) in [5.41, 5.74) is 0.613. The Morgan fingerprint density at radius 3 is 2.48 bits per heavy atom.